The molecule has 23 heavy (non-hydrogen) atoms. The summed E-state index contributed by atoms with van der Waals surface area (Å²) in [5.74, 6) is 2.46. The van der Waals surface area contributed by atoms with E-state index in [1.54, 1.807) is 0 Å². The average molecular weight is 335 g/mol. The predicted octanol–water partition coefficient (Wildman–Crippen LogP) is 0.546. The van der Waals surface area contributed by atoms with Crippen molar-refractivity contribution in [2.24, 2.45) is 5.92 Å². The van der Waals surface area contributed by atoms with Crippen LogP contribution in [-0.2, 0) is 6.54 Å². The molecule has 1 amide bonds. The largest absolute Gasteiger partial charge is 0.391 e. The van der Waals surface area contributed by atoms with Gasteiger partial charge in [0.15, 0.2) is 0 Å². The highest BCUT2D eigenvalue weighted by atomic mass is 32.2. The normalized spacial score (nSPS) is 25.4. The molecular weight excluding hydrogens is 310 g/mol. The van der Waals surface area contributed by atoms with Gasteiger partial charge < -0.3 is 15.7 Å². The van der Waals surface area contributed by atoms with Crippen molar-refractivity contribution in [2.45, 2.75) is 12.6 Å². The fourth-order valence-corrected chi connectivity index (χ4v) is 4.01. The number of β-amino-alcohol motifs (C(OH)–C–C–N with tert-alkyl or cyclic N) is 1. The molecule has 3 N–H and O–H groups in total. The first-order valence-corrected chi connectivity index (χ1v) is 9.44. The molecule has 0 spiro atoms. The summed E-state index contributed by atoms with van der Waals surface area (Å²) in [5.41, 5.74) is 1.94. The molecule has 2 atom stereocenters. The lowest BCUT2D eigenvalue weighted by Crippen LogP contribution is -2.34. The van der Waals surface area contributed by atoms with Gasteiger partial charge in [-0.15, -0.1) is 0 Å². The van der Waals surface area contributed by atoms with Crippen molar-refractivity contribution in [3.63, 3.8) is 0 Å². The van der Waals surface area contributed by atoms with Gasteiger partial charge in [-0.25, -0.2) is 0 Å². The third-order valence-electron chi connectivity index (χ3n) is 4.55. The zero-order chi connectivity index (χ0) is 16.1. The minimum atomic E-state index is -0.361. The second kappa shape index (κ2) is 8.15. The number of hydrogen-bond acceptors (Lipinski definition) is 5. The summed E-state index contributed by atoms with van der Waals surface area (Å²) in [4.78, 5) is 14.6. The highest BCUT2D eigenvalue weighted by molar-refractivity contribution is 7.99. The van der Waals surface area contributed by atoms with Crippen molar-refractivity contribution in [1.82, 2.24) is 15.5 Å². The number of hydrogen-bond donors (Lipinski definition) is 3. The van der Waals surface area contributed by atoms with E-state index in [9.17, 15) is 9.90 Å². The van der Waals surface area contributed by atoms with E-state index in [0.717, 1.165) is 26.2 Å². The van der Waals surface area contributed by atoms with Crippen LogP contribution in [0.25, 0.3) is 0 Å². The van der Waals surface area contributed by atoms with E-state index in [0.29, 0.717) is 18.7 Å². The first-order valence-electron chi connectivity index (χ1n) is 8.28. The molecule has 0 radical (unpaired) electrons. The van der Waals surface area contributed by atoms with Crippen molar-refractivity contribution in [3.8, 4) is 0 Å². The zero-order valence-corrected chi connectivity index (χ0v) is 14.1. The Morgan fingerprint density at radius 1 is 1.26 bits per heavy atom. The fraction of sp³-hybridized carbons (Fsp3) is 0.588. The van der Waals surface area contributed by atoms with Crippen molar-refractivity contribution in [3.05, 3.63) is 35.4 Å². The molecule has 2 heterocycles. The lowest BCUT2D eigenvalue weighted by Gasteiger charge is -2.26. The molecule has 0 bridgehead atoms. The summed E-state index contributed by atoms with van der Waals surface area (Å²) in [6, 6.07) is 7.88. The maximum atomic E-state index is 12.2. The molecule has 0 aromatic heterocycles. The van der Waals surface area contributed by atoms with Crippen LogP contribution >= 0.6 is 11.8 Å². The SMILES string of the molecule is O=C(NCC1CNCC1O)c1ccc(CN2CCSCC2)cc1. The topological polar surface area (TPSA) is 64.6 Å². The quantitative estimate of drug-likeness (QED) is 0.733. The van der Waals surface area contributed by atoms with Crippen molar-refractivity contribution in [1.29, 1.82) is 0 Å². The smallest absolute Gasteiger partial charge is 0.251 e. The van der Waals surface area contributed by atoms with E-state index in [1.165, 1.54) is 17.1 Å². The molecule has 3 rings (SSSR count). The van der Waals surface area contributed by atoms with Gasteiger partial charge in [0.05, 0.1) is 6.10 Å². The molecule has 2 unspecified atom stereocenters. The number of nitrogens with zero attached hydrogens (tertiary/aromatic N) is 1. The second-order valence-corrected chi connectivity index (χ2v) is 7.51. The Morgan fingerprint density at radius 3 is 2.65 bits per heavy atom. The van der Waals surface area contributed by atoms with Gasteiger partial charge in [0.25, 0.3) is 5.91 Å². The minimum Gasteiger partial charge on any atom is -0.391 e. The van der Waals surface area contributed by atoms with E-state index >= 15 is 0 Å². The molecule has 2 saturated heterocycles. The average Bonchev–Trinajstić information content (AvgIpc) is 2.99. The number of aliphatic hydroxyl groups is 1. The van der Waals surface area contributed by atoms with E-state index in [2.05, 4.69) is 15.5 Å². The van der Waals surface area contributed by atoms with Crippen LogP contribution in [0.1, 0.15) is 15.9 Å². The van der Waals surface area contributed by atoms with Crippen LogP contribution in [0.5, 0.6) is 0 Å². The Hall–Kier alpha value is -1.08. The van der Waals surface area contributed by atoms with E-state index in [4.69, 9.17) is 0 Å². The molecule has 2 aliphatic heterocycles. The van der Waals surface area contributed by atoms with Crippen LogP contribution in [0.4, 0.5) is 0 Å². The summed E-state index contributed by atoms with van der Waals surface area (Å²) < 4.78 is 0. The second-order valence-electron chi connectivity index (χ2n) is 6.28. The maximum absolute atomic E-state index is 12.2. The highest BCUT2D eigenvalue weighted by Gasteiger charge is 2.25. The molecule has 6 heteroatoms. The van der Waals surface area contributed by atoms with Crippen LogP contribution in [0.2, 0.25) is 0 Å². The molecule has 1 aromatic rings. The number of benzene rings is 1. The number of rotatable bonds is 5. The summed E-state index contributed by atoms with van der Waals surface area (Å²) in [6.07, 6.45) is -0.361. The summed E-state index contributed by atoms with van der Waals surface area (Å²) >= 11 is 2.01. The summed E-state index contributed by atoms with van der Waals surface area (Å²) in [6.45, 7) is 5.14. The number of carbonyl (C=O) groups excluding carboxylic acids is 1. The standard InChI is InChI=1S/C17H25N3O2S/c21-16-11-18-9-15(16)10-19-17(22)14-3-1-13(2-4-14)12-20-5-7-23-8-6-20/h1-4,15-16,18,21H,5-12H2,(H,19,22). The Balaban J connectivity index is 1.48. The van der Waals surface area contributed by atoms with Crippen LogP contribution in [0, 0.1) is 5.92 Å². The van der Waals surface area contributed by atoms with Crippen LogP contribution in [0.15, 0.2) is 24.3 Å². The molecule has 0 saturated carbocycles. The maximum Gasteiger partial charge on any atom is 0.251 e. The van der Waals surface area contributed by atoms with Gasteiger partial charge in [-0.05, 0) is 17.7 Å². The first-order chi connectivity index (χ1) is 11.2. The summed E-state index contributed by atoms with van der Waals surface area (Å²) in [7, 11) is 0. The fourth-order valence-electron chi connectivity index (χ4n) is 3.03. The van der Waals surface area contributed by atoms with Crippen molar-refractivity contribution >= 4 is 17.7 Å². The Morgan fingerprint density at radius 2 is 2.00 bits per heavy atom. The van der Waals surface area contributed by atoms with Crippen LogP contribution < -0.4 is 10.6 Å². The number of carbonyl (C=O) groups is 1. The highest BCUT2D eigenvalue weighted by Crippen LogP contribution is 2.14. The lowest BCUT2D eigenvalue weighted by atomic mass is 10.1. The van der Waals surface area contributed by atoms with Gasteiger partial charge >= 0.3 is 0 Å². The number of thioether (sulfide) groups is 1. The molecule has 0 aliphatic carbocycles. The minimum absolute atomic E-state index is 0.0648. The Kier molecular flexibility index (Phi) is 5.94. The molecule has 126 valence electrons. The first kappa shape index (κ1) is 16.8. The third-order valence-corrected chi connectivity index (χ3v) is 5.50. The number of aliphatic hydroxyl groups excluding tert-OH is 1. The predicted molar refractivity (Wildman–Crippen MR) is 93.7 cm³/mol. The molecule has 5 nitrogen and oxygen atoms in total. The van der Waals surface area contributed by atoms with Gasteiger partial charge in [0.1, 0.15) is 0 Å². The van der Waals surface area contributed by atoms with Crippen molar-refractivity contribution < 1.29 is 9.90 Å². The number of amides is 1. The van der Waals surface area contributed by atoms with Gasteiger partial charge in [0.2, 0.25) is 0 Å². The van der Waals surface area contributed by atoms with Gasteiger partial charge in [0, 0.05) is 62.3 Å². The van der Waals surface area contributed by atoms with E-state index < -0.39 is 0 Å². The zero-order valence-electron chi connectivity index (χ0n) is 13.3. The van der Waals surface area contributed by atoms with Crippen LogP contribution in [0.3, 0.4) is 0 Å². The monoisotopic (exact) mass is 335 g/mol. The van der Waals surface area contributed by atoms with Gasteiger partial charge in [-0.3, -0.25) is 9.69 Å². The van der Waals surface area contributed by atoms with E-state index in [-0.39, 0.29) is 17.9 Å². The summed E-state index contributed by atoms with van der Waals surface area (Å²) in [5, 5.41) is 15.8. The molecule has 2 aliphatic rings. The number of nitrogens with one attached hydrogen (secondary N) is 2. The molecule has 1 aromatic carbocycles. The van der Waals surface area contributed by atoms with Crippen LogP contribution in [-0.4, -0.2) is 66.2 Å². The van der Waals surface area contributed by atoms with E-state index in [1.807, 2.05) is 36.0 Å². The van der Waals surface area contributed by atoms with Gasteiger partial charge in [-0.1, -0.05) is 12.1 Å². The Labute approximate surface area is 141 Å². The molecule has 2 fully saturated rings. The van der Waals surface area contributed by atoms with Crippen molar-refractivity contribution in [2.75, 3.05) is 44.2 Å². The molecular formula is C17H25N3O2S. The third kappa shape index (κ3) is 4.70. The Bertz CT molecular complexity index is 517. The van der Waals surface area contributed by atoms with Gasteiger partial charge in [-0.2, -0.15) is 11.8 Å². The lowest BCUT2D eigenvalue weighted by molar-refractivity contribution is 0.0927.